The van der Waals surface area contributed by atoms with Crippen LogP contribution in [0.15, 0.2) is 12.2 Å². The van der Waals surface area contributed by atoms with Gasteiger partial charge < -0.3 is 5.11 Å². The molecule has 2 atom stereocenters. The van der Waals surface area contributed by atoms with Gasteiger partial charge in [-0.25, -0.2) is 0 Å². The largest absolute Gasteiger partial charge is 0.481 e. The molecule has 0 aliphatic carbocycles. The molecule has 0 fully saturated rings. The van der Waals surface area contributed by atoms with E-state index in [1.54, 1.807) is 0 Å². The molecule has 0 aliphatic heterocycles. The highest BCUT2D eigenvalue weighted by atomic mass is 32.1. The molecule has 1 N–H and O–H groups in total. The van der Waals surface area contributed by atoms with Crippen LogP contribution in [0.25, 0.3) is 0 Å². The summed E-state index contributed by atoms with van der Waals surface area (Å²) in [6.45, 7) is 0. The van der Waals surface area contributed by atoms with Crippen LogP contribution in [0.1, 0.15) is 96.3 Å². The standard InChI is InChI=1S/C21H40O2S3/c22-21(23)17-15-13-11-9-7-5-3-1-2-4-6-8-10-12-14-16-19(25)20(26)18-24/h1,3,19-20,24-26H,2,4-18H2,(H,22,23)/b3-1-. The number of rotatable bonds is 19. The summed E-state index contributed by atoms with van der Waals surface area (Å²) in [5, 5.41) is 9.25. The predicted octanol–water partition coefficient (Wildman–Crippen LogP) is 7.01. The molecule has 0 aliphatic rings. The van der Waals surface area contributed by atoms with Gasteiger partial charge in [0.05, 0.1) is 0 Å². The van der Waals surface area contributed by atoms with Crippen LogP contribution in [-0.4, -0.2) is 27.3 Å². The fourth-order valence-electron chi connectivity index (χ4n) is 2.94. The van der Waals surface area contributed by atoms with Gasteiger partial charge in [0.25, 0.3) is 0 Å². The zero-order valence-electron chi connectivity index (χ0n) is 16.3. The van der Waals surface area contributed by atoms with Crippen LogP contribution in [0.3, 0.4) is 0 Å². The number of allylic oxidation sites excluding steroid dienone is 2. The lowest BCUT2D eigenvalue weighted by molar-refractivity contribution is -0.137. The van der Waals surface area contributed by atoms with Gasteiger partial charge in [-0.2, -0.15) is 37.9 Å². The fourth-order valence-corrected chi connectivity index (χ4v) is 3.80. The first-order chi connectivity index (χ1) is 12.6. The van der Waals surface area contributed by atoms with E-state index in [0.717, 1.165) is 25.0 Å². The first-order valence-corrected chi connectivity index (χ1v) is 12.1. The van der Waals surface area contributed by atoms with Crippen molar-refractivity contribution in [3.05, 3.63) is 12.2 Å². The average molecular weight is 421 g/mol. The van der Waals surface area contributed by atoms with Crippen LogP contribution < -0.4 is 0 Å². The third-order valence-corrected chi connectivity index (χ3v) is 6.76. The molecule has 0 bridgehead atoms. The Morgan fingerprint density at radius 3 is 1.69 bits per heavy atom. The van der Waals surface area contributed by atoms with Gasteiger partial charge in [0, 0.05) is 22.7 Å². The maximum absolute atomic E-state index is 10.4. The van der Waals surface area contributed by atoms with Gasteiger partial charge in [-0.05, 0) is 38.5 Å². The number of carbonyl (C=O) groups is 1. The topological polar surface area (TPSA) is 37.3 Å². The number of aliphatic carboxylic acids is 1. The molecule has 0 aromatic rings. The molecule has 2 nitrogen and oxygen atoms in total. The number of hydrogen-bond donors (Lipinski definition) is 4. The summed E-state index contributed by atoms with van der Waals surface area (Å²) < 4.78 is 0. The second-order valence-electron chi connectivity index (χ2n) is 7.19. The minimum atomic E-state index is -0.671. The number of unbranched alkanes of at least 4 members (excludes halogenated alkanes) is 11. The molecular weight excluding hydrogens is 380 g/mol. The van der Waals surface area contributed by atoms with Crippen LogP contribution in [0.4, 0.5) is 0 Å². The monoisotopic (exact) mass is 420 g/mol. The normalized spacial score (nSPS) is 14.0. The molecular formula is C21H40O2S3. The summed E-state index contributed by atoms with van der Waals surface area (Å²) in [7, 11) is 0. The zero-order chi connectivity index (χ0) is 19.5. The number of hydrogen-bond acceptors (Lipinski definition) is 4. The summed E-state index contributed by atoms with van der Waals surface area (Å²) in [6, 6.07) is 0. The second kappa shape index (κ2) is 20.0. The molecule has 0 spiro atoms. The molecule has 26 heavy (non-hydrogen) atoms. The van der Waals surface area contributed by atoms with Gasteiger partial charge >= 0.3 is 5.97 Å². The third-order valence-electron chi connectivity index (χ3n) is 4.68. The van der Waals surface area contributed by atoms with Gasteiger partial charge in [-0.1, -0.05) is 63.5 Å². The maximum Gasteiger partial charge on any atom is 0.303 e. The van der Waals surface area contributed by atoms with E-state index in [1.807, 2.05) is 0 Å². The summed E-state index contributed by atoms with van der Waals surface area (Å²) in [5.41, 5.74) is 0. The van der Waals surface area contributed by atoms with Gasteiger partial charge in [0.2, 0.25) is 0 Å². The molecule has 5 heteroatoms. The lowest BCUT2D eigenvalue weighted by Gasteiger charge is -2.15. The Morgan fingerprint density at radius 1 is 0.731 bits per heavy atom. The van der Waals surface area contributed by atoms with Crippen molar-refractivity contribution >= 4 is 43.9 Å². The lowest BCUT2D eigenvalue weighted by Crippen LogP contribution is -2.16. The third kappa shape index (κ3) is 19.0. The van der Waals surface area contributed by atoms with E-state index in [1.165, 1.54) is 70.6 Å². The Balaban J connectivity index is 3.20. The van der Waals surface area contributed by atoms with Crippen LogP contribution in [-0.2, 0) is 4.79 Å². The Morgan fingerprint density at radius 2 is 1.19 bits per heavy atom. The van der Waals surface area contributed by atoms with Crippen LogP contribution in [0.2, 0.25) is 0 Å². The highest BCUT2D eigenvalue weighted by Crippen LogP contribution is 2.18. The average Bonchev–Trinajstić information content (AvgIpc) is 2.63. The van der Waals surface area contributed by atoms with E-state index in [0.29, 0.717) is 16.9 Å². The number of carboxylic acid groups (broad SMARTS) is 1. The molecule has 2 unspecified atom stereocenters. The van der Waals surface area contributed by atoms with E-state index in [4.69, 9.17) is 5.11 Å². The molecule has 0 aromatic carbocycles. The SMILES string of the molecule is O=C(O)CCCCCCC/C=C\CCCCCCCCC(S)C(S)CS. The Labute approximate surface area is 178 Å². The van der Waals surface area contributed by atoms with Crippen molar-refractivity contribution in [3.8, 4) is 0 Å². The molecule has 154 valence electrons. The maximum atomic E-state index is 10.4. The van der Waals surface area contributed by atoms with E-state index < -0.39 is 5.97 Å². The molecule has 0 saturated heterocycles. The van der Waals surface area contributed by atoms with Crippen molar-refractivity contribution in [3.63, 3.8) is 0 Å². The Kier molecular flexibility index (Phi) is 20.2. The molecule has 0 saturated carbocycles. The van der Waals surface area contributed by atoms with Crippen LogP contribution in [0, 0.1) is 0 Å². The van der Waals surface area contributed by atoms with E-state index in [9.17, 15) is 4.79 Å². The first kappa shape index (κ1) is 26.3. The van der Waals surface area contributed by atoms with E-state index >= 15 is 0 Å². The lowest BCUT2D eigenvalue weighted by atomic mass is 10.1. The molecule has 0 radical (unpaired) electrons. The first-order valence-electron chi connectivity index (χ1n) is 10.4. The second-order valence-corrected chi connectivity index (χ2v) is 8.88. The minimum Gasteiger partial charge on any atom is -0.481 e. The molecule has 0 rings (SSSR count). The molecule has 0 aromatic heterocycles. The van der Waals surface area contributed by atoms with Gasteiger partial charge in [0.1, 0.15) is 0 Å². The van der Waals surface area contributed by atoms with Crippen molar-refractivity contribution in [1.82, 2.24) is 0 Å². The van der Waals surface area contributed by atoms with Crippen LogP contribution in [0.5, 0.6) is 0 Å². The molecule has 0 amide bonds. The minimum absolute atomic E-state index is 0.311. The van der Waals surface area contributed by atoms with Crippen molar-refractivity contribution in [2.75, 3.05) is 5.75 Å². The van der Waals surface area contributed by atoms with Crippen molar-refractivity contribution in [1.29, 1.82) is 0 Å². The van der Waals surface area contributed by atoms with Gasteiger partial charge in [-0.3, -0.25) is 4.79 Å². The predicted molar refractivity (Wildman–Crippen MR) is 125 cm³/mol. The van der Waals surface area contributed by atoms with Gasteiger partial charge in [-0.15, -0.1) is 0 Å². The zero-order valence-corrected chi connectivity index (χ0v) is 19.0. The highest BCUT2D eigenvalue weighted by Gasteiger charge is 2.11. The Bertz CT molecular complexity index is 348. The summed E-state index contributed by atoms with van der Waals surface area (Å²) >= 11 is 13.3. The number of carboxylic acids is 1. The van der Waals surface area contributed by atoms with Crippen molar-refractivity contribution < 1.29 is 9.90 Å². The van der Waals surface area contributed by atoms with E-state index in [2.05, 4.69) is 50.0 Å². The van der Waals surface area contributed by atoms with Crippen molar-refractivity contribution in [2.45, 2.75) is 107 Å². The quantitative estimate of drug-likeness (QED) is 0.103. The summed E-state index contributed by atoms with van der Waals surface area (Å²) in [6.07, 6.45) is 21.9. The van der Waals surface area contributed by atoms with Gasteiger partial charge in [0.15, 0.2) is 0 Å². The van der Waals surface area contributed by atoms with Crippen molar-refractivity contribution in [2.24, 2.45) is 0 Å². The Hall–Kier alpha value is 0.260. The van der Waals surface area contributed by atoms with Crippen LogP contribution >= 0.6 is 37.9 Å². The van der Waals surface area contributed by atoms with E-state index in [-0.39, 0.29) is 0 Å². The highest BCUT2D eigenvalue weighted by molar-refractivity contribution is 7.87. The molecule has 0 heterocycles. The number of thiol groups is 3. The summed E-state index contributed by atoms with van der Waals surface area (Å²) in [5.74, 6) is 0.132. The summed E-state index contributed by atoms with van der Waals surface area (Å²) in [4.78, 5) is 10.4. The fraction of sp³-hybridized carbons (Fsp3) is 0.857. The smallest absolute Gasteiger partial charge is 0.303 e.